The fourth-order valence-electron chi connectivity index (χ4n) is 3.01. The van der Waals surface area contributed by atoms with Gasteiger partial charge >= 0.3 is 0 Å². The van der Waals surface area contributed by atoms with Crippen LogP contribution in [0.5, 0.6) is 0 Å². The van der Waals surface area contributed by atoms with Crippen molar-refractivity contribution in [2.75, 3.05) is 11.4 Å². The van der Waals surface area contributed by atoms with Crippen molar-refractivity contribution < 1.29 is 4.39 Å². The second-order valence-electron chi connectivity index (χ2n) is 5.64. The van der Waals surface area contributed by atoms with Crippen molar-refractivity contribution in [2.45, 2.75) is 18.3 Å². The molecule has 0 atom stereocenters. The minimum atomic E-state index is -0.422. The molecule has 2 heterocycles. The summed E-state index contributed by atoms with van der Waals surface area (Å²) in [4.78, 5) is 6.55. The van der Waals surface area contributed by atoms with Gasteiger partial charge < -0.3 is 4.90 Å². The van der Waals surface area contributed by atoms with E-state index in [9.17, 15) is 4.39 Å². The van der Waals surface area contributed by atoms with Crippen molar-refractivity contribution in [3.63, 3.8) is 0 Å². The molecule has 1 aromatic carbocycles. The van der Waals surface area contributed by atoms with Crippen LogP contribution in [0.1, 0.15) is 24.2 Å². The summed E-state index contributed by atoms with van der Waals surface area (Å²) in [5.74, 6) is -0.422. The molecule has 0 amide bonds. The van der Waals surface area contributed by atoms with E-state index >= 15 is 0 Å². The van der Waals surface area contributed by atoms with Crippen LogP contribution in [0.25, 0.3) is 0 Å². The molecule has 104 valence electrons. The van der Waals surface area contributed by atoms with Gasteiger partial charge in [-0.1, -0.05) is 11.6 Å². The van der Waals surface area contributed by atoms with Gasteiger partial charge in [0.15, 0.2) is 0 Å². The molecule has 1 saturated carbocycles. The zero-order valence-corrected chi connectivity index (χ0v) is 11.9. The average Bonchev–Trinajstić information content (AvgIpc) is 3.20. The van der Waals surface area contributed by atoms with Gasteiger partial charge in [0.1, 0.15) is 17.6 Å². The number of hydrogen-bond acceptors (Lipinski definition) is 3. The molecule has 0 saturated heterocycles. The fourth-order valence-corrected chi connectivity index (χ4v) is 3.13. The largest absolute Gasteiger partial charge is 0.339 e. The Morgan fingerprint density at radius 2 is 2.10 bits per heavy atom. The highest BCUT2D eigenvalue weighted by Gasteiger charge is 2.53. The van der Waals surface area contributed by atoms with Gasteiger partial charge in [-0.15, -0.1) is 0 Å². The molecule has 1 aliphatic heterocycles. The predicted octanol–water partition coefficient (Wildman–Crippen LogP) is 3.93. The smallest absolute Gasteiger partial charge is 0.143 e. The Bertz CT molecular complexity index is 793. The van der Waals surface area contributed by atoms with E-state index in [4.69, 9.17) is 16.9 Å². The van der Waals surface area contributed by atoms with Crippen LogP contribution < -0.4 is 4.90 Å². The maximum atomic E-state index is 13.7. The monoisotopic (exact) mass is 299 g/mol. The SMILES string of the molecule is N#Cc1ccc2c(n1)C1(CC1)CN2c1ccc(Cl)c(F)c1. The van der Waals surface area contributed by atoms with E-state index < -0.39 is 5.82 Å². The summed E-state index contributed by atoms with van der Waals surface area (Å²) in [5.41, 5.74) is 3.18. The lowest BCUT2D eigenvalue weighted by Gasteiger charge is -2.20. The van der Waals surface area contributed by atoms with E-state index in [1.165, 1.54) is 6.07 Å². The standard InChI is InChI=1S/C16H11ClFN3/c17-12-3-2-11(7-13(12)18)21-9-16(5-6-16)15-14(21)4-1-10(8-19)20-15/h1-4,7H,5-6,9H2. The van der Waals surface area contributed by atoms with Crippen LogP contribution >= 0.6 is 11.6 Å². The number of nitrogens with zero attached hydrogens (tertiary/aromatic N) is 3. The second kappa shape index (κ2) is 4.19. The molecule has 3 nitrogen and oxygen atoms in total. The molecule has 5 heteroatoms. The first-order valence-electron chi connectivity index (χ1n) is 6.77. The normalized spacial score (nSPS) is 17.7. The molecule has 0 N–H and O–H groups in total. The van der Waals surface area contributed by atoms with Crippen LogP contribution in [0.2, 0.25) is 5.02 Å². The summed E-state index contributed by atoms with van der Waals surface area (Å²) in [7, 11) is 0. The summed E-state index contributed by atoms with van der Waals surface area (Å²) in [6.45, 7) is 0.783. The third-order valence-corrected chi connectivity index (χ3v) is 4.62. The van der Waals surface area contributed by atoms with Gasteiger partial charge in [-0.05, 0) is 43.2 Å². The topological polar surface area (TPSA) is 39.9 Å². The number of nitriles is 1. The molecule has 1 aromatic heterocycles. The highest BCUT2D eigenvalue weighted by molar-refractivity contribution is 6.30. The van der Waals surface area contributed by atoms with Crippen LogP contribution in [0, 0.1) is 17.1 Å². The van der Waals surface area contributed by atoms with E-state index in [1.54, 1.807) is 12.1 Å². The van der Waals surface area contributed by atoms with E-state index in [0.717, 1.165) is 36.5 Å². The van der Waals surface area contributed by atoms with Crippen molar-refractivity contribution in [2.24, 2.45) is 0 Å². The molecule has 1 fully saturated rings. The van der Waals surface area contributed by atoms with Gasteiger partial charge in [-0.25, -0.2) is 9.37 Å². The zero-order valence-electron chi connectivity index (χ0n) is 11.1. The molecular formula is C16H11ClFN3. The quantitative estimate of drug-likeness (QED) is 0.801. The van der Waals surface area contributed by atoms with Gasteiger partial charge in [0, 0.05) is 17.6 Å². The van der Waals surface area contributed by atoms with E-state index in [-0.39, 0.29) is 10.4 Å². The van der Waals surface area contributed by atoms with Gasteiger partial charge in [-0.2, -0.15) is 5.26 Å². The number of anilines is 2. The molecule has 0 unspecified atom stereocenters. The Kier molecular flexibility index (Phi) is 2.51. The number of rotatable bonds is 1. The van der Waals surface area contributed by atoms with Crippen LogP contribution in [0.3, 0.4) is 0 Å². The predicted molar refractivity (Wildman–Crippen MR) is 78.3 cm³/mol. The average molecular weight is 300 g/mol. The third-order valence-electron chi connectivity index (χ3n) is 4.31. The molecule has 1 aliphatic carbocycles. The van der Waals surface area contributed by atoms with Crippen LogP contribution in [-0.2, 0) is 5.41 Å². The first kappa shape index (κ1) is 12.6. The molecule has 0 radical (unpaired) electrons. The molecular weight excluding hydrogens is 289 g/mol. The number of pyridine rings is 1. The number of aromatic nitrogens is 1. The van der Waals surface area contributed by atoms with Crippen LogP contribution in [0.15, 0.2) is 30.3 Å². The van der Waals surface area contributed by atoms with Gasteiger partial charge in [0.2, 0.25) is 0 Å². The highest BCUT2D eigenvalue weighted by atomic mass is 35.5. The summed E-state index contributed by atoms with van der Waals surface area (Å²) in [5, 5.41) is 9.14. The lowest BCUT2D eigenvalue weighted by Crippen LogP contribution is -2.19. The van der Waals surface area contributed by atoms with Crippen LogP contribution in [0.4, 0.5) is 15.8 Å². The maximum Gasteiger partial charge on any atom is 0.143 e. The maximum absolute atomic E-state index is 13.7. The fraction of sp³-hybridized carbons (Fsp3) is 0.250. The molecule has 1 spiro atoms. The highest BCUT2D eigenvalue weighted by Crippen LogP contribution is 2.57. The Morgan fingerprint density at radius 1 is 1.29 bits per heavy atom. The Morgan fingerprint density at radius 3 is 2.76 bits per heavy atom. The summed E-state index contributed by atoms with van der Waals surface area (Å²) >= 11 is 5.75. The molecule has 2 aliphatic rings. The summed E-state index contributed by atoms with van der Waals surface area (Å²) < 4.78 is 13.7. The van der Waals surface area contributed by atoms with Gasteiger partial charge in [-0.3, -0.25) is 0 Å². The van der Waals surface area contributed by atoms with E-state index in [0.29, 0.717) is 5.69 Å². The van der Waals surface area contributed by atoms with Crippen molar-refractivity contribution in [3.05, 3.63) is 52.6 Å². The first-order valence-corrected chi connectivity index (χ1v) is 7.15. The summed E-state index contributed by atoms with van der Waals surface area (Å²) in [6.07, 6.45) is 2.13. The summed E-state index contributed by atoms with van der Waals surface area (Å²) in [6, 6.07) is 10.5. The second-order valence-corrected chi connectivity index (χ2v) is 6.05. The number of benzene rings is 1. The van der Waals surface area contributed by atoms with Crippen molar-refractivity contribution in [1.82, 2.24) is 4.98 Å². The minimum Gasteiger partial charge on any atom is -0.339 e. The van der Waals surface area contributed by atoms with Crippen LogP contribution in [-0.4, -0.2) is 11.5 Å². The van der Waals surface area contributed by atoms with Crippen molar-refractivity contribution in [3.8, 4) is 6.07 Å². The number of fused-ring (bicyclic) bond motifs is 2. The molecule has 2 aromatic rings. The van der Waals surface area contributed by atoms with Gasteiger partial charge in [0.05, 0.1) is 16.4 Å². The zero-order chi connectivity index (χ0) is 14.6. The van der Waals surface area contributed by atoms with Gasteiger partial charge in [0.25, 0.3) is 0 Å². The third kappa shape index (κ3) is 1.81. The molecule has 4 rings (SSSR count). The first-order chi connectivity index (χ1) is 10.1. The lowest BCUT2D eigenvalue weighted by molar-refractivity contribution is 0.627. The lowest BCUT2D eigenvalue weighted by atomic mass is 10.0. The van der Waals surface area contributed by atoms with E-state index in [2.05, 4.69) is 16.0 Å². The number of hydrogen-bond donors (Lipinski definition) is 0. The Hall–Kier alpha value is -2.12. The van der Waals surface area contributed by atoms with Crippen molar-refractivity contribution >= 4 is 23.0 Å². The molecule has 0 bridgehead atoms. The van der Waals surface area contributed by atoms with E-state index in [1.807, 2.05) is 12.1 Å². The molecule has 21 heavy (non-hydrogen) atoms. The Labute approximate surface area is 126 Å². The van der Waals surface area contributed by atoms with Crippen molar-refractivity contribution in [1.29, 1.82) is 5.26 Å². The minimum absolute atomic E-state index is 0.0400. The Balaban J connectivity index is 1.83. The number of halogens is 2.